The predicted molar refractivity (Wildman–Crippen MR) is 77.8 cm³/mol. The summed E-state index contributed by atoms with van der Waals surface area (Å²) in [5.41, 5.74) is 6.56. The zero-order valence-electron chi connectivity index (χ0n) is 11.4. The van der Waals surface area contributed by atoms with Crippen molar-refractivity contribution in [3.8, 4) is 0 Å². The molecule has 0 bridgehead atoms. The third-order valence-electron chi connectivity index (χ3n) is 4.11. The van der Waals surface area contributed by atoms with Gasteiger partial charge in [-0.1, -0.05) is 31.0 Å². The van der Waals surface area contributed by atoms with E-state index in [-0.39, 0.29) is 11.9 Å². The number of piperidine rings is 1. The van der Waals surface area contributed by atoms with Gasteiger partial charge in [-0.15, -0.1) is 0 Å². The Balaban J connectivity index is 2.19. The van der Waals surface area contributed by atoms with Crippen LogP contribution in [0, 0.1) is 11.7 Å². The number of rotatable bonds is 4. The summed E-state index contributed by atoms with van der Waals surface area (Å²) in [4.78, 5) is 2.32. The number of hydrogen-bond acceptors (Lipinski definition) is 2. The van der Waals surface area contributed by atoms with Crippen LogP contribution in [0.5, 0.6) is 0 Å². The SMILES string of the molecule is CCC1CCCN(C(CN)c2ccc(Cl)cc2F)C1. The first-order valence-corrected chi connectivity index (χ1v) is 7.42. The Labute approximate surface area is 119 Å². The zero-order valence-corrected chi connectivity index (χ0v) is 12.2. The van der Waals surface area contributed by atoms with Crippen molar-refractivity contribution in [3.63, 3.8) is 0 Å². The second-order valence-electron chi connectivity index (χ2n) is 5.33. The van der Waals surface area contributed by atoms with E-state index in [2.05, 4.69) is 11.8 Å². The number of nitrogens with two attached hydrogens (primary N) is 1. The van der Waals surface area contributed by atoms with E-state index in [4.69, 9.17) is 17.3 Å². The number of halogens is 2. The quantitative estimate of drug-likeness (QED) is 0.915. The van der Waals surface area contributed by atoms with Gasteiger partial charge in [-0.05, 0) is 37.4 Å². The van der Waals surface area contributed by atoms with E-state index >= 15 is 0 Å². The highest BCUT2D eigenvalue weighted by molar-refractivity contribution is 6.30. The molecule has 1 fully saturated rings. The first-order valence-electron chi connectivity index (χ1n) is 7.04. The van der Waals surface area contributed by atoms with Crippen LogP contribution in [0.2, 0.25) is 5.02 Å². The van der Waals surface area contributed by atoms with Gasteiger partial charge in [0.15, 0.2) is 0 Å². The summed E-state index contributed by atoms with van der Waals surface area (Å²) < 4.78 is 14.1. The number of likely N-dealkylation sites (tertiary alicyclic amines) is 1. The van der Waals surface area contributed by atoms with Crippen LogP contribution < -0.4 is 5.73 Å². The van der Waals surface area contributed by atoms with E-state index in [1.54, 1.807) is 12.1 Å². The predicted octanol–water partition coefficient (Wildman–Crippen LogP) is 3.60. The molecule has 19 heavy (non-hydrogen) atoms. The van der Waals surface area contributed by atoms with Crippen LogP contribution in [0.3, 0.4) is 0 Å². The maximum Gasteiger partial charge on any atom is 0.129 e. The molecule has 0 radical (unpaired) electrons. The monoisotopic (exact) mass is 284 g/mol. The summed E-state index contributed by atoms with van der Waals surface area (Å²) in [6.45, 7) is 4.67. The highest BCUT2D eigenvalue weighted by Crippen LogP contribution is 2.29. The molecule has 2 rings (SSSR count). The molecule has 0 aliphatic carbocycles. The minimum Gasteiger partial charge on any atom is -0.329 e. The fourth-order valence-electron chi connectivity index (χ4n) is 2.96. The van der Waals surface area contributed by atoms with E-state index < -0.39 is 0 Å². The minimum absolute atomic E-state index is 0.0355. The van der Waals surface area contributed by atoms with E-state index in [0.29, 0.717) is 23.0 Å². The lowest BCUT2D eigenvalue weighted by Gasteiger charge is -2.38. The molecular weight excluding hydrogens is 263 g/mol. The molecule has 1 aromatic carbocycles. The van der Waals surface area contributed by atoms with Gasteiger partial charge in [-0.2, -0.15) is 0 Å². The maximum absolute atomic E-state index is 14.1. The summed E-state index contributed by atoms with van der Waals surface area (Å²) in [7, 11) is 0. The van der Waals surface area contributed by atoms with E-state index in [1.165, 1.54) is 25.3 Å². The molecule has 2 unspecified atom stereocenters. The third-order valence-corrected chi connectivity index (χ3v) is 4.35. The lowest BCUT2D eigenvalue weighted by atomic mass is 9.93. The normalized spacial score (nSPS) is 22.4. The molecule has 4 heteroatoms. The molecule has 0 amide bonds. The van der Waals surface area contributed by atoms with E-state index in [0.717, 1.165) is 13.1 Å². The van der Waals surface area contributed by atoms with E-state index in [9.17, 15) is 4.39 Å². The van der Waals surface area contributed by atoms with Crippen molar-refractivity contribution in [1.82, 2.24) is 4.90 Å². The summed E-state index contributed by atoms with van der Waals surface area (Å²) in [5, 5.41) is 0.433. The Hall–Kier alpha value is -0.640. The molecule has 0 aromatic heterocycles. The van der Waals surface area contributed by atoms with Gasteiger partial charge in [0, 0.05) is 29.7 Å². The molecule has 1 aromatic rings. The van der Waals surface area contributed by atoms with Gasteiger partial charge in [0.1, 0.15) is 5.82 Å². The molecule has 2 N–H and O–H groups in total. The molecule has 0 saturated carbocycles. The number of benzene rings is 1. The van der Waals surface area contributed by atoms with Crippen molar-refractivity contribution in [2.24, 2.45) is 11.7 Å². The van der Waals surface area contributed by atoms with Crippen molar-refractivity contribution in [1.29, 1.82) is 0 Å². The Morgan fingerprint density at radius 2 is 2.32 bits per heavy atom. The van der Waals surface area contributed by atoms with Crippen molar-refractivity contribution < 1.29 is 4.39 Å². The standard InChI is InChI=1S/C15H22ClFN2/c1-2-11-4-3-7-19(10-11)15(9-18)13-6-5-12(16)8-14(13)17/h5-6,8,11,15H,2-4,7,9-10,18H2,1H3. The first-order chi connectivity index (χ1) is 9.15. The molecule has 106 valence electrons. The van der Waals surface area contributed by atoms with Crippen LogP contribution in [0.25, 0.3) is 0 Å². The largest absolute Gasteiger partial charge is 0.329 e. The van der Waals surface area contributed by atoms with Crippen molar-refractivity contribution in [2.75, 3.05) is 19.6 Å². The van der Waals surface area contributed by atoms with Gasteiger partial charge < -0.3 is 5.73 Å². The van der Waals surface area contributed by atoms with Gasteiger partial charge >= 0.3 is 0 Å². The zero-order chi connectivity index (χ0) is 13.8. The lowest BCUT2D eigenvalue weighted by molar-refractivity contribution is 0.122. The molecule has 1 aliphatic rings. The molecule has 2 nitrogen and oxygen atoms in total. The molecule has 1 aliphatic heterocycles. The van der Waals surface area contributed by atoms with Crippen molar-refractivity contribution >= 4 is 11.6 Å². The van der Waals surface area contributed by atoms with Crippen LogP contribution in [0.4, 0.5) is 4.39 Å². The Bertz CT molecular complexity index is 425. The highest BCUT2D eigenvalue weighted by Gasteiger charge is 2.27. The summed E-state index contributed by atoms with van der Waals surface area (Å²) in [5.74, 6) is 0.458. The van der Waals surface area contributed by atoms with Crippen LogP contribution in [-0.4, -0.2) is 24.5 Å². The average Bonchev–Trinajstić information content (AvgIpc) is 2.42. The Morgan fingerprint density at radius 1 is 1.53 bits per heavy atom. The van der Waals surface area contributed by atoms with Gasteiger partial charge in [0.2, 0.25) is 0 Å². The smallest absolute Gasteiger partial charge is 0.129 e. The van der Waals surface area contributed by atoms with Gasteiger partial charge in [-0.25, -0.2) is 4.39 Å². The number of nitrogens with zero attached hydrogens (tertiary/aromatic N) is 1. The molecule has 1 saturated heterocycles. The van der Waals surface area contributed by atoms with Crippen molar-refractivity contribution in [3.05, 3.63) is 34.6 Å². The van der Waals surface area contributed by atoms with E-state index in [1.807, 2.05) is 0 Å². The summed E-state index contributed by atoms with van der Waals surface area (Å²) in [6, 6.07) is 4.85. The molecule has 0 spiro atoms. The Kier molecular flexibility index (Phi) is 5.20. The van der Waals surface area contributed by atoms with Crippen LogP contribution in [-0.2, 0) is 0 Å². The van der Waals surface area contributed by atoms with Crippen molar-refractivity contribution in [2.45, 2.75) is 32.2 Å². The minimum atomic E-state index is -0.249. The van der Waals surface area contributed by atoms with Gasteiger partial charge in [0.25, 0.3) is 0 Å². The fourth-order valence-corrected chi connectivity index (χ4v) is 3.12. The highest BCUT2D eigenvalue weighted by atomic mass is 35.5. The number of hydrogen-bond donors (Lipinski definition) is 1. The topological polar surface area (TPSA) is 29.3 Å². The average molecular weight is 285 g/mol. The lowest BCUT2D eigenvalue weighted by Crippen LogP contribution is -2.41. The maximum atomic E-state index is 14.1. The summed E-state index contributed by atoms with van der Waals surface area (Å²) >= 11 is 5.81. The first kappa shape index (κ1) is 14.8. The molecule has 2 atom stereocenters. The fraction of sp³-hybridized carbons (Fsp3) is 0.600. The summed E-state index contributed by atoms with van der Waals surface area (Å²) in [6.07, 6.45) is 3.62. The third kappa shape index (κ3) is 3.47. The second-order valence-corrected chi connectivity index (χ2v) is 5.77. The van der Waals surface area contributed by atoms with Gasteiger partial charge in [0.05, 0.1) is 0 Å². The Morgan fingerprint density at radius 3 is 2.95 bits per heavy atom. The molecular formula is C15H22ClFN2. The van der Waals surface area contributed by atoms with Crippen LogP contribution in [0.1, 0.15) is 37.8 Å². The second kappa shape index (κ2) is 6.69. The van der Waals surface area contributed by atoms with Gasteiger partial charge in [-0.3, -0.25) is 4.90 Å². The van der Waals surface area contributed by atoms with Crippen LogP contribution in [0.15, 0.2) is 18.2 Å². The van der Waals surface area contributed by atoms with Crippen LogP contribution >= 0.6 is 11.6 Å². The molecule has 1 heterocycles.